The summed E-state index contributed by atoms with van der Waals surface area (Å²) in [5.41, 5.74) is 5.47. The van der Waals surface area contributed by atoms with Gasteiger partial charge in [0, 0.05) is 28.9 Å². The van der Waals surface area contributed by atoms with Crippen molar-refractivity contribution < 1.29 is 18.9 Å². The van der Waals surface area contributed by atoms with E-state index in [9.17, 15) is 4.79 Å². The number of rotatable bonds is 4. The Balaban J connectivity index is 1.89. The van der Waals surface area contributed by atoms with Gasteiger partial charge in [0.15, 0.2) is 23.0 Å². The first kappa shape index (κ1) is 19.4. The Hall–Kier alpha value is -3.61. The summed E-state index contributed by atoms with van der Waals surface area (Å²) in [5, 5.41) is 1.83. The molecule has 1 aliphatic heterocycles. The normalized spacial score (nSPS) is 12.5. The Morgan fingerprint density at radius 3 is 2.16 bits per heavy atom. The maximum Gasteiger partial charge on any atom is 0.275 e. The highest BCUT2D eigenvalue weighted by Gasteiger charge is 2.26. The molecule has 7 nitrogen and oxygen atoms in total. The summed E-state index contributed by atoms with van der Waals surface area (Å²) in [6.07, 6.45) is 0.745. The lowest BCUT2D eigenvalue weighted by Crippen LogP contribution is -2.27. The van der Waals surface area contributed by atoms with Gasteiger partial charge in [-0.2, -0.15) is 0 Å². The molecule has 0 saturated carbocycles. The largest absolute Gasteiger partial charge is 0.493 e. The molecule has 0 amide bonds. The summed E-state index contributed by atoms with van der Waals surface area (Å²) in [5.74, 6) is 2.58. The van der Waals surface area contributed by atoms with E-state index in [1.165, 1.54) is 0 Å². The lowest BCUT2D eigenvalue weighted by Gasteiger charge is -2.25. The van der Waals surface area contributed by atoms with Crippen molar-refractivity contribution >= 4 is 21.8 Å². The Labute approximate surface area is 179 Å². The highest BCUT2D eigenvalue weighted by Crippen LogP contribution is 2.42. The van der Waals surface area contributed by atoms with Crippen LogP contribution in [0.1, 0.15) is 11.1 Å². The molecule has 1 aliphatic rings. The summed E-state index contributed by atoms with van der Waals surface area (Å²) < 4.78 is 23.8. The quantitative estimate of drug-likeness (QED) is 0.539. The van der Waals surface area contributed by atoms with Crippen molar-refractivity contribution in [1.82, 2.24) is 9.55 Å². The van der Waals surface area contributed by atoms with Crippen LogP contribution in [0, 0.1) is 6.92 Å². The highest BCUT2D eigenvalue weighted by atomic mass is 16.5. The predicted octanol–water partition coefficient (Wildman–Crippen LogP) is 4.05. The fourth-order valence-corrected chi connectivity index (χ4v) is 4.77. The van der Waals surface area contributed by atoms with E-state index in [1.807, 2.05) is 28.8 Å². The summed E-state index contributed by atoms with van der Waals surface area (Å²) in [7, 11) is 6.46. The van der Waals surface area contributed by atoms with Gasteiger partial charge in [0.05, 0.1) is 39.6 Å². The highest BCUT2D eigenvalue weighted by molar-refractivity contribution is 6.11. The zero-order valence-electron chi connectivity index (χ0n) is 18.2. The molecule has 160 valence electrons. The number of aromatic nitrogens is 2. The molecule has 4 aromatic rings. The molecule has 0 unspecified atom stereocenters. The molecule has 31 heavy (non-hydrogen) atoms. The molecule has 1 N–H and O–H groups in total. The molecule has 0 radical (unpaired) electrons. The number of nitrogens with zero attached hydrogens (tertiary/aromatic N) is 1. The maximum absolute atomic E-state index is 13.5. The van der Waals surface area contributed by atoms with Gasteiger partial charge in [-0.15, -0.1) is 0 Å². The van der Waals surface area contributed by atoms with Crippen molar-refractivity contribution in [1.29, 1.82) is 0 Å². The zero-order valence-corrected chi connectivity index (χ0v) is 18.2. The van der Waals surface area contributed by atoms with Gasteiger partial charge in [0.2, 0.25) is 0 Å². The number of hydrogen-bond donors (Lipinski definition) is 1. The van der Waals surface area contributed by atoms with Crippen molar-refractivity contribution in [3.63, 3.8) is 0 Å². The first-order valence-electron chi connectivity index (χ1n) is 10.1. The summed E-state index contributed by atoms with van der Waals surface area (Å²) in [6, 6.07) is 7.78. The number of aryl methyl sites for hydroxylation is 2. The van der Waals surface area contributed by atoms with Crippen molar-refractivity contribution in [3.8, 4) is 34.3 Å². The van der Waals surface area contributed by atoms with Crippen molar-refractivity contribution in [3.05, 3.63) is 45.7 Å². The fourth-order valence-electron chi connectivity index (χ4n) is 4.77. The Morgan fingerprint density at radius 1 is 0.871 bits per heavy atom. The number of methoxy groups -OCH3 is 4. The number of ether oxygens (including phenoxy) is 4. The molecule has 0 saturated heterocycles. The number of H-pyrrole nitrogens is 1. The van der Waals surface area contributed by atoms with Crippen LogP contribution in [0.3, 0.4) is 0 Å². The maximum atomic E-state index is 13.5. The van der Waals surface area contributed by atoms with E-state index >= 15 is 0 Å². The summed E-state index contributed by atoms with van der Waals surface area (Å²) in [4.78, 5) is 16.8. The molecule has 0 spiro atoms. The lowest BCUT2D eigenvalue weighted by molar-refractivity contribution is 0.354. The van der Waals surface area contributed by atoms with Crippen molar-refractivity contribution in [2.75, 3.05) is 28.4 Å². The molecule has 2 aromatic heterocycles. The minimum absolute atomic E-state index is 0.0369. The van der Waals surface area contributed by atoms with Gasteiger partial charge in [-0.05, 0) is 42.7 Å². The second kappa shape index (κ2) is 6.97. The number of pyridine rings is 1. The molecule has 0 fully saturated rings. The fraction of sp³-hybridized carbons (Fsp3) is 0.292. The Bertz CT molecular complexity index is 1410. The van der Waals surface area contributed by atoms with Crippen LogP contribution >= 0.6 is 0 Å². The molecular weight excluding hydrogens is 396 g/mol. The lowest BCUT2D eigenvalue weighted by atomic mass is 9.92. The third-order valence-electron chi connectivity index (χ3n) is 6.23. The first-order valence-corrected chi connectivity index (χ1v) is 10.1. The van der Waals surface area contributed by atoms with Crippen LogP contribution in [0.15, 0.2) is 29.1 Å². The van der Waals surface area contributed by atoms with Crippen molar-refractivity contribution in [2.45, 2.75) is 19.9 Å². The number of benzene rings is 2. The zero-order chi connectivity index (χ0) is 21.9. The van der Waals surface area contributed by atoms with E-state index in [0.717, 1.165) is 45.1 Å². The van der Waals surface area contributed by atoms with E-state index < -0.39 is 0 Å². The van der Waals surface area contributed by atoms with Gasteiger partial charge in [0.25, 0.3) is 5.56 Å². The molecule has 0 aliphatic carbocycles. The molecule has 2 aromatic carbocycles. The van der Waals surface area contributed by atoms with Gasteiger partial charge in [-0.3, -0.25) is 4.79 Å². The van der Waals surface area contributed by atoms with E-state index in [1.54, 1.807) is 28.4 Å². The van der Waals surface area contributed by atoms with Crippen LogP contribution in [0.4, 0.5) is 0 Å². The number of aromatic amines is 1. The van der Waals surface area contributed by atoms with Crippen LogP contribution < -0.4 is 24.5 Å². The van der Waals surface area contributed by atoms with E-state index in [4.69, 9.17) is 18.9 Å². The second-order valence-corrected chi connectivity index (χ2v) is 7.67. The third-order valence-corrected chi connectivity index (χ3v) is 6.23. The summed E-state index contributed by atoms with van der Waals surface area (Å²) in [6.45, 7) is 2.67. The van der Waals surface area contributed by atoms with Gasteiger partial charge in [-0.1, -0.05) is 0 Å². The van der Waals surface area contributed by atoms with E-state index in [0.29, 0.717) is 35.1 Å². The average Bonchev–Trinajstić information content (AvgIpc) is 3.18. The topological polar surface area (TPSA) is 74.7 Å². The van der Waals surface area contributed by atoms with Gasteiger partial charge < -0.3 is 28.5 Å². The molecule has 5 rings (SSSR count). The smallest absolute Gasteiger partial charge is 0.275 e. The minimum atomic E-state index is -0.0369. The monoisotopic (exact) mass is 420 g/mol. The SMILES string of the molecule is COc1cc2c(cc1OC)-c1c(C)c3c([nH]c4cc(OC)c(OC)cc43)c(=O)n1CC2. The van der Waals surface area contributed by atoms with Gasteiger partial charge >= 0.3 is 0 Å². The number of nitrogens with one attached hydrogen (secondary N) is 1. The standard InChI is InChI=1S/C24H24N2O5/c1-12-21-15-10-19(30-4)20(31-5)11-16(15)25-22(21)24(27)26-7-6-13-8-17(28-2)18(29-3)9-14(13)23(12)26/h8-11,25H,6-7H2,1-5H3. The molecular formula is C24H24N2O5. The Morgan fingerprint density at radius 2 is 1.48 bits per heavy atom. The van der Waals surface area contributed by atoms with Gasteiger partial charge in [0.1, 0.15) is 5.52 Å². The van der Waals surface area contributed by atoms with Crippen LogP contribution in [0.25, 0.3) is 33.1 Å². The van der Waals surface area contributed by atoms with Gasteiger partial charge in [-0.25, -0.2) is 0 Å². The molecule has 0 bridgehead atoms. The van der Waals surface area contributed by atoms with E-state index in [-0.39, 0.29) is 5.56 Å². The van der Waals surface area contributed by atoms with Crippen molar-refractivity contribution in [2.24, 2.45) is 0 Å². The van der Waals surface area contributed by atoms with Crippen LogP contribution in [0.2, 0.25) is 0 Å². The second-order valence-electron chi connectivity index (χ2n) is 7.67. The first-order chi connectivity index (χ1) is 15.0. The minimum Gasteiger partial charge on any atom is -0.493 e. The molecule has 0 atom stereocenters. The van der Waals surface area contributed by atoms with Crippen LogP contribution in [-0.4, -0.2) is 38.0 Å². The molecule has 3 heterocycles. The number of fused-ring (bicyclic) bond motifs is 6. The average molecular weight is 420 g/mol. The predicted molar refractivity (Wildman–Crippen MR) is 120 cm³/mol. The molecule has 7 heteroatoms. The van der Waals surface area contributed by atoms with Crippen LogP contribution in [0.5, 0.6) is 23.0 Å². The number of hydrogen-bond acceptors (Lipinski definition) is 5. The van der Waals surface area contributed by atoms with E-state index in [2.05, 4.69) is 11.9 Å². The van der Waals surface area contributed by atoms with Crippen LogP contribution in [-0.2, 0) is 13.0 Å². The third kappa shape index (κ3) is 2.62. The summed E-state index contributed by atoms with van der Waals surface area (Å²) >= 11 is 0. The Kier molecular flexibility index (Phi) is 4.36.